The summed E-state index contributed by atoms with van der Waals surface area (Å²) in [6.07, 6.45) is 11.3. The van der Waals surface area contributed by atoms with Gasteiger partial charge in [-0.2, -0.15) is 0 Å². The molecule has 2 N–H and O–H groups in total. The molecule has 2 atom stereocenters. The minimum Gasteiger partial charge on any atom is -0.478 e. The van der Waals surface area contributed by atoms with E-state index in [1.165, 1.54) is 6.08 Å². The summed E-state index contributed by atoms with van der Waals surface area (Å²) in [5.74, 6) is -0.915. The fraction of sp³-hybridized carbons (Fsp3) is 0.719. The number of unbranched alkanes of at least 4 members (excludes halogenated alkanes) is 2. The number of rotatable bonds is 17. The van der Waals surface area contributed by atoms with Crippen molar-refractivity contribution in [1.82, 2.24) is 10.2 Å². The van der Waals surface area contributed by atoms with E-state index >= 15 is 0 Å². The van der Waals surface area contributed by atoms with Gasteiger partial charge < -0.3 is 24.8 Å². The zero-order valence-corrected chi connectivity index (χ0v) is 26.0. The number of carbonyl (C=O) groups is 2. The molecule has 1 aliphatic carbocycles. The van der Waals surface area contributed by atoms with Crippen molar-refractivity contribution >= 4 is 18.1 Å². The average molecular weight is 576 g/mol. The highest BCUT2D eigenvalue weighted by Crippen LogP contribution is 2.25. The molecule has 0 aliphatic heterocycles. The van der Waals surface area contributed by atoms with Crippen molar-refractivity contribution < 1.29 is 29.0 Å². The Balaban J connectivity index is 0.00000106. The van der Waals surface area contributed by atoms with Crippen LogP contribution in [0.15, 0.2) is 23.2 Å². The molecule has 9 heteroatoms. The Kier molecular flexibility index (Phi) is 19.4. The van der Waals surface area contributed by atoms with E-state index in [1.54, 1.807) is 0 Å². The Morgan fingerprint density at radius 1 is 1.10 bits per heavy atom. The van der Waals surface area contributed by atoms with Gasteiger partial charge in [-0.15, -0.1) is 0 Å². The van der Waals surface area contributed by atoms with Crippen molar-refractivity contribution in [3.63, 3.8) is 0 Å². The van der Waals surface area contributed by atoms with Crippen LogP contribution in [0.4, 0.5) is 4.79 Å². The number of hydrogen-bond acceptors (Lipinski definition) is 6. The smallest absolute Gasteiger partial charge is 0.336 e. The quantitative estimate of drug-likeness (QED) is 0.122. The van der Waals surface area contributed by atoms with E-state index in [0.717, 1.165) is 69.8 Å². The van der Waals surface area contributed by atoms with Gasteiger partial charge in [0.25, 0.3) is 0 Å². The second kappa shape index (κ2) is 21.9. The number of amides is 2. The van der Waals surface area contributed by atoms with Crippen LogP contribution in [0, 0.1) is 6.92 Å². The van der Waals surface area contributed by atoms with E-state index in [4.69, 9.17) is 9.47 Å². The first-order chi connectivity index (χ1) is 19.8. The van der Waals surface area contributed by atoms with Crippen molar-refractivity contribution in [3.05, 3.63) is 34.9 Å². The molecule has 1 aromatic carbocycles. The van der Waals surface area contributed by atoms with Gasteiger partial charge >= 0.3 is 12.0 Å². The van der Waals surface area contributed by atoms with Gasteiger partial charge in [0, 0.05) is 19.1 Å². The Bertz CT molecular complexity index is 930. The SMILES string of the molecule is CCCCN=C=O.CCCCNC(=O)N(CCO[C@@H]1CCC[C@H](OCc2cccc(C)c2C(=O)O)C1)C(CC)CC. The number of aromatic carboxylic acids is 1. The molecule has 0 aromatic heterocycles. The first-order valence-corrected chi connectivity index (χ1v) is 15.5. The lowest BCUT2D eigenvalue weighted by molar-refractivity contribution is -0.0535. The molecule has 9 nitrogen and oxygen atoms in total. The van der Waals surface area contributed by atoms with E-state index in [1.807, 2.05) is 30.0 Å². The van der Waals surface area contributed by atoms with E-state index < -0.39 is 5.97 Å². The molecule has 0 radical (unpaired) electrons. The van der Waals surface area contributed by atoms with Gasteiger partial charge in [-0.3, -0.25) is 0 Å². The lowest BCUT2D eigenvalue weighted by atomic mass is 9.94. The van der Waals surface area contributed by atoms with E-state index in [-0.39, 0.29) is 24.3 Å². The van der Waals surface area contributed by atoms with Crippen LogP contribution in [0.1, 0.15) is 113 Å². The summed E-state index contributed by atoms with van der Waals surface area (Å²) in [4.78, 5) is 39.0. The number of aliphatic imine (C=N–C) groups is 1. The normalized spacial score (nSPS) is 16.3. The number of benzene rings is 1. The number of isocyanates is 1. The van der Waals surface area contributed by atoms with Gasteiger partial charge in [0.2, 0.25) is 6.08 Å². The van der Waals surface area contributed by atoms with Crippen LogP contribution in [0.2, 0.25) is 0 Å². The van der Waals surface area contributed by atoms with E-state index in [0.29, 0.717) is 44.0 Å². The molecule has 2 rings (SSSR count). The maximum absolute atomic E-state index is 12.7. The minimum atomic E-state index is -0.915. The average Bonchev–Trinajstić information content (AvgIpc) is 2.96. The third-order valence-corrected chi connectivity index (χ3v) is 7.45. The number of urea groups is 1. The van der Waals surface area contributed by atoms with Crippen LogP contribution in [-0.4, -0.2) is 72.6 Å². The van der Waals surface area contributed by atoms with Gasteiger partial charge in [0.15, 0.2) is 0 Å². The Morgan fingerprint density at radius 2 is 1.78 bits per heavy atom. The van der Waals surface area contributed by atoms with E-state index in [2.05, 4.69) is 38.0 Å². The highest BCUT2D eigenvalue weighted by Gasteiger charge is 2.25. The largest absolute Gasteiger partial charge is 0.478 e. The summed E-state index contributed by atoms with van der Waals surface area (Å²) in [7, 11) is 0. The second-order valence-corrected chi connectivity index (χ2v) is 10.6. The van der Waals surface area contributed by atoms with Crippen LogP contribution < -0.4 is 5.32 Å². The zero-order chi connectivity index (χ0) is 30.5. The van der Waals surface area contributed by atoms with Gasteiger partial charge in [-0.05, 0) is 69.4 Å². The molecule has 41 heavy (non-hydrogen) atoms. The lowest BCUT2D eigenvalue weighted by Gasteiger charge is -2.33. The van der Waals surface area contributed by atoms with Crippen LogP contribution in [0.25, 0.3) is 0 Å². The second-order valence-electron chi connectivity index (χ2n) is 10.6. The summed E-state index contributed by atoms with van der Waals surface area (Å²) in [5.41, 5.74) is 1.80. The molecule has 1 aromatic rings. The molecular weight excluding hydrogens is 522 g/mol. The number of ether oxygens (including phenoxy) is 2. The third-order valence-electron chi connectivity index (χ3n) is 7.45. The predicted molar refractivity (Wildman–Crippen MR) is 162 cm³/mol. The highest BCUT2D eigenvalue weighted by atomic mass is 16.5. The summed E-state index contributed by atoms with van der Waals surface area (Å²) < 4.78 is 12.3. The Hall–Kier alpha value is -2.74. The van der Waals surface area contributed by atoms with Gasteiger partial charge in [0.1, 0.15) is 0 Å². The number of nitrogens with one attached hydrogen (secondary N) is 1. The molecule has 0 bridgehead atoms. The first-order valence-electron chi connectivity index (χ1n) is 15.5. The third kappa shape index (κ3) is 14.1. The topological polar surface area (TPSA) is 118 Å². The monoisotopic (exact) mass is 575 g/mol. The van der Waals surface area contributed by atoms with Gasteiger partial charge in [0.05, 0.1) is 37.5 Å². The van der Waals surface area contributed by atoms with Crippen LogP contribution >= 0.6 is 0 Å². The molecule has 1 fully saturated rings. The van der Waals surface area contributed by atoms with Crippen molar-refractivity contribution in [2.24, 2.45) is 4.99 Å². The molecule has 0 unspecified atom stereocenters. The predicted octanol–water partition coefficient (Wildman–Crippen LogP) is 6.66. The number of carboxylic acids is 1. The van der Waals surface area contributed by atoms with E-state index in [9.17, 15) is 19.5 Å². The molecule has 0 saturated heterocycles. The molecule has 1 saturated carbocycles. The fourth-order valence-electron chi connectivity index (χ4n) is 5.02. The van der Waals surface area contributed by atoms with Crippen molar-refractivity contribution in [2.45, 2.75) is 124 Å². The maximum atomic E-state index is 12.7. The van der Waals surface area contributed by atoms with Crippen LogP contribution in [0.3, 0.4) is 0 Å². The fourth-order valence-corrected chi connectivity index (χ4v) is 5.02. The lowest BCUT2D eigenvalue weighted by Crippen LogP contribution is -2.47. The molecule has 0 spiro atoms. The summed E-state index contributed by atoms with van der Waals surface area (Å²) >= 11 is 0. The van der Waals surface area contributed by atoms with Crippen LogP contribution in [0.5, 0.6) is 0 Å². The van der Waals surface area contributed by atoms with Gasteiger partial charge in [-0.25, -0.2) is 19.4 Å². The number of carboxylic acid groups (broad SMARTS) is 1. The highest BCUT2D eigenvalue weighted by molar-refractivity contribution is 5.91. The van der Waals surface area contributed by atoms with Crippen LogP contribution in [-0.2, 0) is 20.9 Å². The van der Waals surface area contributed by atoms with Crippen molar-refractivity contribution in [1.29, 1.82) is 0 Å². The minimum absolute atomic E-state index is 0.00277. The number of carbonyl (C=O) groups excluding carboxylic acids is 2. The molecule has 232 valence electrons. The summed E-state index contributed by atoms with van der Waals surface area (Å²) in [6.45, 7) is 13.0. The number of hydrogen-bond donors (Lipinski definition) is 2. The first kappa shape index (κ1) is 36.3. The molecule has 0 heterocycles. The zero-order valence-electron chi connectivity index (χ0n) is 26.0. The molecule has 1 aliphatic rings. The molecular formula is C32H53N3O6. The Morgan fingerprint density at radius 3 is 2.39 bits per heavy atom. The number of aryl methyl sites for hydroxylation is 1. The standard InChI is InChI=1S/C27H44N2O5.C5H9NO/c1-5-8-15-28-27(32)29(22(6-2)7-3)16-17-33-23-13-10-14-24(18-23)34-19-21-12-9-11-20(4)25(21)26(30)31;1-2-3-4-6-5-7/h9,11-12,22-24H,5-8,10,13-19H2,1-4H3,(H,28,32)(H,30,31);2-4H2,1H3/t23-,24+;/m1./s1. The molecule has 2 amide bonds. The van der Waals surface area contributed by atoms with Gasteiger partial charge in [-0.1, -0.05) is 58.7 Å². The summed E-state index contributed by atoms with van der Waals surface area (Å²) in [6, 6.07) is 5.73. The summed E-state index contributed by atoms with van der Waals surface area (Å²) in [5, 5.41) is 12.6. The number of nitrogens with zero attached hydrogens (tertiary/aromatic N) is 2. The van der Waals surface area contributed by atoms with Crippen molar-refractivity contribution in [2.75, 3.05) is 26.2 Å². The van der Waals surface area contributed by atoms with Crippen molar-refractivity contribution in [3.8, 4) is 0 Å². The maximum Gasteiger partial charge on any atom is 0.336 e. The Labute approximate surface area is 247 Å².